The molecule has 106 valence electrons. The highest BCUT2D eigenvalue weighted by Gasteiger charge is 2.27. The average Bonchev–Trinajstić information content (AvgIpc) is 2.42. The van der Waals surface area contributed by atoms with Gasteiger partial charge in [-0.3, -0.25) is 0 Å². The van der Waals surface area contributed by atoms with E-state index in [4.69, 9.17) is 0 Å². The van der Waals surface area contributed by atoms with Crippen LogP contribution in [0.2, 0.25) is 0 Å². The van der Waals surface area contributed by atoms with Crippen molar-refractivity contribution in [1.82, 2.24) is 5.32 Å². The molecule has 19 heavy (non-hydrogen) atoms. The number of thioether (sulfide) groups is 1. The van der Waals surface area contributed by atoms with Crippen LogP contribution in [0.3, 0.4) is 0 Å². The number of hydrogen-bond donors (Lipinski definition) is 1. The van der Waals surface area contributed by atoms with Crippen LogP contribution in [-0.4, -0.2) is 17.5 Å². The third kappa shape index (κ3) is 3.93. The molecule has 2 unspecified atom stereocenters. The molecule has 0 bridgehead atoms. The van der Waals surface area contributed by atoms with Gasteiger partial charge in [-0.1, -0.05) is 19.4 Å². The summed E-state index contributed by atoms with van der Waals surface area (Å²) >= 11 is 1.91. The Morgan fingerprint density at radius 1 is 1.37 bits per heavy atom. The van der Waals surface area contributed by atoms with Gasteiger partial charge in [-0.2, -0.15) is 11.8 Å². The molecule has 4 heteroatoms. The number of benzene rings is 1. The fraction of sp³-hybridized carbons (Fsp3) is 0.600. The molecule has 1 aliphatic heterocycles. The van der Waals surface area contributed by atoms with Crippen molar-refractivity contribution in [3.05, 3.63) is 35.4 Å². The molecule has 0 aromatic heterocycles. The van der Waals surface area contributed by atoms with Crippen LogP contribution in [-0.2, 0) is 0 Å². The zero-order chi connectivity index (χ0) is 13.7. The zero-order valence-electron chi connectivity index (χ0n) is 11.3. The van der Waals surface area contributed by atoms with E-state index in [0.29, 0.717) is 10.8 Å². The van der Waals surface area contributed by atoms with E-state index < -0.39 is 11.6 Å². The van der Waals surface area contributed by atoms with Crippen molar-refractivity contribution < 1.29 is 8.78 Å². The first-order valence-electron chi connectivity index (χ1n) is 7.02. The second kappa shape index (κ2) is 7.25. The summed E-state index contributed by atoms with van der Waals surface area (Å²) in [5.74, 6) is 0.198. The van der Waals surface area contributed by atoms with Gasteiger partial charge in [0.2, 0.25) is 0 Å². The highest BCUT2D eigenvalue weighted by atomic mass is 32.2. The lowest BCUT2D eigenvalue weighted by atomic mass is 9.98. The molecular weight excluding hydrogens is 264 g/mol. The fourth-order valence-electron chi connectivity index (χ4n) is 2.52. The normalized spacial score (nSPS) is 21.3. The molecule has 2 rings (SSSR count). The Bertz CT molecular complexity index is 405. The summed E-state index contributed by atoms with van der Waals surface area (Å²) in [5, 5.41) is 3.82. The highest BCUT2D eigenvalue weighted by molar-refractivity contribution is 8.00. The standard InChI is InChI=1S/C15H21F2NS/c1-2-8-18-15(14-5-3-4-9-19-14)12-7-6-11(16)10-13(12)17/h6-7,10,14-15,18H,2-5,8-9H2,1H3. The Balaban J connectivity index is 2.19. The van der Waals surface area contributed by atoms with Crippen molar-refractivity contribution in [1.29, 1.82) is 0 Å². The smallest absolute Gasteiger partial charge is 0.130 e. The van der Waals surface area contributed by atoms with Crippen molar-refractivity contribution in [2.75, 3.05) is 12.3 Å². The number of nitrogens with one attached hydrogen (secondary N) is 1. The van der Waals surface area contributed by atoms with E-state index in [-0.39, 0.29) is 6.04 Å². The lowest BCUT2D eigenvalue weighted by Crippen LogP contribution is -2.33. The Hall–Kier alpha value is -0.610. The monoisotopic (exact) mass is 285 g/mol. The Labute approximate surface area is 118 Å². The molecule has 0 amide bonds. The molecule has 0 saturated carbocycles. The molecule has 1 N–H and O–H groups in total. The van der Waals surface area contributed by atoms with Crippen LogP contribution in [0.25, 0.3) is 0 Å². The minimum atomic E-state index is -0.508. The van der Waals surface area contributed by atoms with Crippen LogP contribution in [0.5, 0.6) is 0 Å². The molecule has 0 spiro atoms. The Kier molecular flexibility index (Phi) is 5.64. The van der Waals surface area contributed by atoms with E-state index in [1.54, 1.807) is 6.07 Å². The molecule has 2 atom stereocenters. The summed E-state index contributed by atoms with van der Waals surface area (Å²) in [6.07, 6.45) is 4.55. The van der Waals surface area contributed by atoms with Crippen molar-refractivity contribution in [3.8, 4) is 0 Å². The van der Waals surface area contributed by atoms with Crippen LogP contribution < -0.4 is 5.32 Å². The molecule has 1 nitrogen and oxygen atoms in total. The van der Waals surface area contributed by atoms with E-state index in [0.717, 1.165) is 31.2 Å². The predicted molar refractivity (Wildman–Crippen MR) is 77.5 cm³/mol. The summed E-state index contributed by atoms with van der Waals surface area (Å²) < 4.78 is 27.0. The predicted octanol–water partition coefficient (Wildman–Crippen LogP) is 4.29. The molecule has 1 saturated heterocycles. The Morgan fingerprint density at radius 2 is 2.21 bits per heavy atom. The van der Waals surface area contributed by atoms with Gasteiger partial charge in [0.25, 0.3) is 0 Å². The van der Waals surface area contributed by atoms with Crippen molar-refractivity contribution >= 4 is 11.8 Å². The lowest BCUT2D eigenvalue weighted by molar-refractivity contribution is 0.456. The average molecular weight is 285 g/mol. The maximum absolute atomic E-state index is 14.0. The van der Waals surface area contributed by atoms with Crippen LogP contribution >= 0.6 is 11.8 Å². The molecule has 1 fully saturated rings. The van der Waals surface area contributed by atoms with Gasteiger partial charge in [-0.25, -0.2) is 8.78 Å². The third-order valence-corrected chi connectivity index (χ3v) is 4.96. The van der Waals surface area contributed by atoms with E-state index in [2.05, 4.69) is 12.2 Å². The second-order valence-electron chi connectivity index (χ2n) is 5.00. The zero-order valence-corrected chi connectivity index (χ0v) is 12.1. The Morgan fingerprint density at radius 3 is 2.84 bits per heavy atom. The lowest BCUT2D eigenvalue weighted by Gasteiger charge is -2.31. The van der Waals surface area contributed by atoms with Crippen LogP contribution in [0.4, 0.5) is 8.78 Å². The first-order chi connectivity index (χ1) is 9.22. The number of halogens is 2. The molecule has 1 aromatic carbocycles. The van der Waals surface area contributed by atoms with Crippen LogP contribution in [0.15, 0.2) is 18.2 Å². The topological polar surface area (TPSA) is 12.0 Å². The number of rotatable bonds is 5. The van der Waals surface area contributed by atoms with Crippen molar-refractivity contribution in [3.63, 3.8) is 0 Å². The first kappa shape index (κ1) is 14.8. The minimum Gasteiger partial charge on any atom is -0.309 e. The minimum absolute atomic E-state index is 0.00847. The van der Waals surface area contributed by atoms with Gasteiger partial charge in [0.05, 0.1) is 0 Å². The molecule has 0 aliphatic carbocycles. The maximum atomic E-state index is 14.0. The summed E-state index contributed by atoms with van der Waals surface area (Å²) in [4.78, 5) is 0. The SMILES string of the molecule is CCCNC(c1ccc(F)cc1F)C1CCCCS1. The molecule has 1 aliphatic rings. The third-order valence-electron chi connectivity index (χ3n) is 3.50. The molecular formula is C15H21F2NS. The molecule has 0 radical (unpaired) electrons. The van der Waals surface area contributed by atoms with Crippen molar-refractivity contribution in [2.45, 2.75) is 43.9 Å². The van der Waals surface area contributed by atoms with Gasteiger partial charge < -0.3 is 5.32 Å². The van der Waals surface area contributed by atoms with Gasteiger partial charge in [-0.15, -0.1) is 0 Å². The van der Waals surface area contributed by atoms with Crippen LogP contribution in [0, 0.1) is 11.6 Å². The number of hydrogen-bond acceptors (Lipinski definition) is 2. The summed E-state index contributed by atoms with van der Waals surface area (Å²) in [5.41, 5.74) is 0.606. The van der Waals surface area contributed by atoms with E-state index in [1.807, 2.05) is 11.8 Å². The largest absolute Gasteiger partial charge is 0.309 e. The van der Waals surface area contributed by atoms with Gasteiger partial charge in [0, 0.05) is 22.9 Å². The highest BCUT2D eigenvalue weighted by Crippen LogP contribution is 2.35. The quantitative estimate of drug-likeness (QED) is 0.866. The molecule has 1 heterocycles. The van der Waals surface area contributed by atoms with Gasteiger partial charge >= 0.3 is 0 Å². The second-order valence-corrected chi connectivity index (χ2v) is 6.35. The first-order valence-corrected chi connectivity index (χ1v) is 8.07. The van der Waals surface area contributed by atoms with Crippen LogP contribution in [0.1, 0.15) is 44.2 Å². The summed E-state index contributed by atoms with van der Waals surface area (Å²) in [6.45, 7) is 2.96. The maximum Gasteiger partial charge on any atom is 0.130 e. The summed E-state index contributed by atoms with van der Waals surface area (Å²) in [6, 6.07) is 3.93. The van der Waals surface area contributed by atoms with Gasteiger partial charge in [-0.05, 0) is 37.6 Å². The van der Waals surface area contributed by atoms with E-state index in [1.165, 1.54) is 18.9 Å². The van der Waals surface area contributed by atoms with E-state index in [9.17, 15) is 8.78 Å². The van der Waals surface area contributed by atoms with Gasteiger partial charge in [0.15, 0.2) is 0 Å². The van der Waals surface area contributed by atoms with Gasteiger partial charge in [0.1, 0.15) is 11.6 Å². The molecule has 1 aromatic rings. The van der Waals surface area contributed by atoms with E-state index >= 15 is 0 Å². The van der Waals surface area contributed by atoms with Crippen molar-refractivity contribution in [2.24, 2.45) is 0 Å². The summed E-state index contributed by atoms with van der Waals surface area (Å²) in [7, 11) is 0. The fourth-order valence-corrected chi connectivity index (χ4v) is 3.97.